The number of benzene rings is 2. The van der Waals surface area contributed by atoms with Gasteiger partial charge in [0.2, 0.25) is 0 Å². The Morgan fingerprint density at radius 1 is 0.500 bits per heavy atom. The fraction of sp³-hybridized carbons (Fsp3) is 0.594. The molecule has 0 saturated carbocycles. The zero-order valence-corrected chi connectivity index (χ0v) is 22.8. The molecule has 0 radical (unpaired) electrons. The van der Waals surface area contributed by atoms with E-state index in [1.54, 1.807) is 24.3 Å². The fourth-order valence-electron chi connectivity index (χ4n) is 4.13. The molecule has 2 aromatic rings. The molecule has 0 aromatic heterocycles. The molecule has 0 N–H and O–H groups in total. The second kappa shape index (κ2) is 19.7. The van der Waals surface area contributed by atoms with E-state index in [1.807, 2.05) is 24.3 Å². The van der Waals surface area contributed by atoms with Crippen molar-refractivity contribution in [3.05, 3.63) is 54.1 Å². The number of hydrogen-bond acceptors (Lipinski definition) is 4. The number of rotatable bonds is 21. The van der Waals surface area contributed by atoms with E-state index < -0.39 is 0 Å². The Kier molecular flexibility index (Phi) is 16.2. The first-order valence-electron chi connectivity index (χ1n) is 14.4. The number of carbonyl (C=O) groups excluding carboxylic acids is 1. The molecule has 0 atom stereocenters. The van der Waals surface area contributed by atoms with Crippen molar-refractivity contribution in [3.8, 4) is 17.2 Å². The van der Waals surface area contributed by atoms with Crippen LogP contribution in [0.2, 0.25) is 0 Å². The van der Waals surface area contributed by atoms with Gasteiger partial charge < -0.3 is 14.2 Å². The molecule has 0 aliphatic heterocycles. The molecule has 2 aromatic carbocycles. The van der Waals surface area contributed by atoms with Crippen LogP contribution in [0.4, 0.5) is 0 Å². The minimum Gasteiger partial charge on any atom is -0.494 e. The maximum atomic E-state index is 12.5. The molecular formula is C32H48O4. The van der Waals surface area contributed by atoms with Gasteiger partial charge in [-0.3, -0.25) is 0 Å². The van der Waals surface area contributed by atoms with Crippen molar-refractivity contribution in [2.24, 2.45) is 0 Å². The Morgan fingerprint density at radius 3 is 1.31 bits per heavy atom. The van der Waals surface area contributed by atoms with Gasteiger partial charge in [0.05, 0.1) is 18.8 Å². The van der Waals surface area contributed by atoms with Gasteiger partial charge in [0.15, 0.2) is 0 Å². The predicted octanol–water partition coefficient (Wildman–Crippen LogP) is 9.55. The summed E-state index contributed by atoms with van der Waals surface area (Å²) in [5.74, 6) is 1.73. The summed E-state index contributed by atoms with van der Waals surface area (Å²) in [5, 5.41) is 0. The highest BCUT2D eigenvalue weighted by molar-refractivity contribution is 5.91. The first-order chi connectivity index (χ1) is 17.7. The summed E-state index contributed by atoms with van der Waals surface area (Å²) in [7, 11) is 0. The fourth-order valence-corrected chi connectivity index (χ4v) is 4.13. The molecule has 4 nitrogen and oxygen atoms in total. The van der Waals surface area contributed by atoms with E-state index in [-0.39, 0.29) is 5.97 Å². The van der Waals surface area contributed by atoms with Crippen LogP contribution >= 0.6 is 0 Å². The number of esters is 1. The average molecular weight is 497 g/mol. The Hall–Kier alpha value is -2.49. The summed E-state index contributed by atoms with van der Waals surface area (Å²) >= 11 is 0. The molecule has 0 fully saturated rings. The predicted molar refractivity (Wildman–Crippen MR) is 149 cm³/mol. The monoisotopic (exact) mass is 496 g/mol. The topological polar surface area (TPSA) is 44.8 Å². The van der Waals surface area contributed by atoms with E-state index in [4.69, 9.17) is 14.2 Å². The van der Waals surface area contributed by atoms with Gasteiger partial charge in [0.25, 0.3) is 0 Å². The van der Waals surface area contributed by atoms with Crippen molar-refractivity contribution in [2.45, 2.75) is 110 Å². The largest absolute Gasteiger partial charge is 0.494 e. The Balaban J connectivity index is 1.59. The highest BCUT2D eigenvalue weighted by atomic mass is 16.5. The lowest BCUT2D eigenvalue weighted by Crippen LogP contribution is -2.08. The minimum atomic E-state index is -0.374. The van der Waals surface area contributed by atoms with Gasteiger partial charge in [-0.2, -0.15) is 0 Å². The third-order valence-electron chi connectivity index (χ3n) is 6.41. The van der Waals surface area contributed by atoms with E-state index in [1.165, 1.54) is 83.5 Å². The van der Waals surface area contributed by atoms with E-state index in [0.29, 0.717) is 17.9 Å². The second-order valence-corrected chi connectivity index (χ2v) is 9.68. The van der Waals surface area contributed by atoms with Gasteiger partial charge in [-0.1, -0.05) is 97.3 Å². The SMILES string of the molecule is CCCCCCCCCCOc1ccc(C(=O)Oc2ccc(OCCCCCCCCC)cc2)cc1. The molecule has 0 bridgehead atoms. The van der Waals surface area contributed by atoms with Gasteiger partial charge >= 0.3 is 5.97 Å². The van der Waals surface area contributed by atoms with Crippen LogP contribution in [-0.4, -0.2) is 19.2 Å². The van der Waals surface area contributed by atoms with Crippen LogP contribution in [0.1, 0.15) is 121 Å². The van der Waals surface area contributed by atoms with E-state index in [2.05, 4.69) is 13.8 Å². The van der Waals surface area contributed by atoms with Crippen LogP contribution < -0.4 is 14.2 Å². The Bertz CT molecular complexity index is 798. The van der Waals surface area contributed by atoms with E-state index in [9.17, 15) is 4.79 Å². The van der Waals surface area contributed by atoms with E-state index in [0.717, 1.165) is 30.9 Å². The van der Waals surface area contributed by atoms with Gasteiger partial charge in [0, 0.05) is 0 Å². The molecule has 0 spiro atoms. The molecule has 0 heterocycles. The number of carbonyl (C=O) groups is 1. The lowest BCUT2D eigenvalue weighted by atomic mass is 10.1. The molecule has 0 saturated heterocycles. The van der Waals surface area contributed by atoms with Crippen LogP contribution in [0, 0.1) is 0 Å². The van der Waals surface area contributed by atoms with Gasteiger partial charge in [0.1, 0.15) is 17.2 Å². The summed E-state index contributed by atoms with van der Waals surface area (Å²) in [6.07, 6.45) is 19.1. The molecule has 0 aliphatic rings. The van der Waals surface area contributed by atoms with Crippen LogP contribution in [0.25, 0.3) is 0 Å². The summed E-state index contributed by atoms with van der Waals surface area (Å²) < 4.78 is 17.1. The van der Waals surface area contributed by atoms with Crippen molar-refractivity contribution < 1.29 is 19.0 Å². The minimum absolute atomic E-state index is 0.374. The molecule has 0 aliphatic carbocycles. The number of hydrogen-bond donors (Lipinski definition) is 0. The van der Waals surface area contributed by atoms with Gasteiger partial charge in [-0.15, -0.1) is 0 Å². The summed E-state index contributed by atoms with van der Waals surface area (Å²) in [4.78, 5) is 12.5. The van der Waals surface area contributed by atoms with Crippen LogP contribution in [0.5, 0.6) is 17.2 Å². The molecule has 4 heteroatoms. The highest BCUT2D eigenvalue weighted by Crippen LogP contribution is 2.20. The Labute approximate surface area is 219 Å². The second-order valence-electron chi connectivity index (χ2n) is 9.68. The number of unbranched alkanes of at least 4 members (excludes halogenated alkanes) is 13. The van der Waals surface area contributed by atoms with Crippen LogP contribution in [0.3, 0.4) is 0 Å². The highest BCUT2D eigenvalue weighted by Gasteiger charge is 2.09. The lowest BCUT2D eigenvalue weighted by molar-refractivity contribution is 0.0734. The summed E-state index contributed by atoms with van der Waals surface area (Å²) in [5.41, 5.74) is 0.508. The number of ether oxygens (including phenoxy) is 3. The third kappa shape index (κ3) is 13.6. The first kappa shape index (κ1) is 29.7. The molecule has 200 valence electrons. The normalized spacial score (nSPS) is 10.8. The first-order valence-corrected chi connectivity index (χ1v) is 14.4. The molecule has 0 amide bonds. The maximum Gasteiger partial charge on any atom is 0.343 e. The van der Waals surface area contributed by atoms with E-state index >= 15 is 0 Å². The van der Waals surface area contributed by atoms with Crippen molar-refractivity contribution in [1.29, 1.82) is 0 Å². The smallest absolute Gasteiger partial charge is 0.343 e. The summed E-state index contributed by atoms with van der Waals surface area (Å²) in [6.45, 7) is 5.93. The van der Waals surface area contributed by atoms with Gasteiger partial charge in [-0.05, 0) is 61.4 Å². The Morgan fingerprint density at radius 2 is 0.861 bits per heavy atom. The zero-order chi connectivity index (χ0) is 25.7. The van der Waals surface area contributed by atoms with Crippen LogP contribution in [-0.2, 0) is 0 Å². The molecule has 0 unspecified atom stereocenters. The van der Waals surface area contributed by atoms with Crippen LogP contribution in [0.15, 0.2) is 48.5 Å². The maximum absolute atomic E-state index is 12.5. The molecular weight excluding hydrogens is 448 g/mol. The van der Waals surface area contributed by atoms with Gasteiger partial charge in [-0.25, -0.2) is 4.79 Å². The standard InChI is InChI=1S/C32H48O4/c1-3-5-7-9-11-13-15-17-26-34-29-20-18-28(19-21-29)32(33)36-31-24-22-30(23-25-31)35-27-16-14-12-10-8-6-4-2/h18-25H,3-17,26-27H2,1-2H3. The van der Waals surface area contributed by atoms with Crippen molar-refractivity contribution in [1.82, 2.24) is 0 Å². The van der Waals surface area contributed by atoms with Crippen molar-refractivity contribution in [2.75, 3.05) is 13.2 Å². The lowest BCUT2D eigenvalue weighted by Gasteiger charge is -2.09. The average Bonchev–Trinajstić information content (AvgIpc) is 2.90. The third-order valence-corrected chi connectivity index (χ3v) is 6.41. The zero-order valence-electron chi connectivity index (χ0n) is 22.8. The van der Waals surface area contributed by atoms with Crippen molar-refractivity contribution in [3.63, 3.8) is 0 Å². The van der Waals surface area contributed by atoms with Crippen molar-refractivity contribution >= 4 is 5.97 Å². The quantitative estimate of drug-likeness (QED) is 0.0980. The summed E-state index contributed by atoms with van der Waals surface area (Å²) in [6, 6.07) is 14.4. The molecule has 36 heavy (non-hydrogen) atoms. The molecule has 2 rings (SSSR count).